The van der Waals surface area contributed by atoms with Gasteiger partial charge in [0.1, 0.15) is 5.75 Å². The fourth-order valence-electron chi connectivity index (χ4n) is 2.54. The van der Waals surface area contributed by atoms with E-state index in [1.165, 1.54) is 0 Å². The lowest BCUT2D eigenvalue weighted by Crippen LogP contribution is -2.18. The third kappa shape index (κ3) is 3.51. The highest BCUT2D eigenvalue weighted by Gasteiger charge is 2.23. The summed E-state index contributed by atoms with van der Waals surface area (Å²) >= 11 is 0. The van der Waals surface area contributed by atoms with Crippen LogP contribution in [0.5, 0.6) is 17.2 Å². The van der Waals surface area contributed by atoms with Crippen LogP contribution >= 0.6 is 0 Å². The van der Waals surface area contributed by atoms with E-state index in [0.717, 1.165) is 11.1 Å². The van der Waals surface area contributed by atoms with Gasteiger partial charge in [-0.2, -0.15) is 0 Å². The minimum Gasteiger partial charge on any atom is -0.508 e. The molecule has 3 nitrogen and oxygen atoms in total. The summed E-state index contributed by atoms with van der Waals surface area (Å²) in [6.07, 6.45) is 0. The van der Waals surface area contributed by atoms with Crippen LogP contribution in [0.1, 0.15) is 25.0 Å². The molecule has 24 heavy (non-hydrogen) atoms. The van der Waals surface area contributed by atoms with Crippen LogP contribution in [-0.2, 0) is 5.41 Å². The Morgan fingerprint density at radius 1 is 0.625 bits per heavy atom. The largest absolute Gasteiger partial charge is 0.508 e. The number of rotatable bonds is 5. The summed E-state index contributed by atoms with van der Waals surface area (Å²) in [5.74, 6) is 1.58. The molecule has 0 unspecified atom stereocenters. The van der Waals surface area contributed by atoms with Gasteiger partial charge in [0.05, 0.1) is 0 Å². The maximum atomic E-state index is 9.45. The number of para-hydroxylation sites is 1. The number of phenols is 1. The van der Waals surface area contributed by atoms with E-state index in [1.807, 2.05) is 66.7 Å². The molecule has 0 aliphatic heterocycles. The van der Waals surface area contributed by atoms with Crippen molar-refractivity contribution in [1.29, 1.82) is 0 Å². The third-order valence-electron chi connectivity index (χ3n) is 4.14. The predicted molar refractivity (Wildman–Crippen MR) is 94.4 cm³/mol. The van der Waals surface area contributed by atoms with Crippen molar-refractivity contribution in [3.63, 3.8) is 0 Å². The van der Waals surface area contributed by atoms with Crippen molar-refractivity contribution >= 4 is 0 Å². The molecule has 0 saturated carbocycles. The van der Waals surface area contributed by atoms with Gasteiger partial charge in [-0.05, 0) is 47.5 Å². The normalized spacial score (nSPS) is 11.1. The van der Waals surface area contributed by atoms with Crippen LogP contribution in [0.4, 0.5) is 0 Å². The van der Waals surface area contributed by atoms with Crippen molar-refractivity contribution in [2.24, 2.45) is 0 Å². The van der Waals surface area contributed by atoms with Crippen LogP contribution in [0.2, 0.25) is 0 Å². The van der Waals surface area contributed by atoms with Crippen molar-refractivity contribution < 1.29 is 14.9 Å². The number of aromatic hydroxyl groups is 1. The summed E-state index contributed by atoms with van der Waals surface area (Å²) in [7, 11) is 0. The molecule has 0 spiro atoms. The first kappa shape index (κ1) is 15.9. The molecule has 0 heterocycles. The Labute approximate surface area is 142 Å². The Hall–Kier alpha value is -2.94. The smallest absolute Gasteiger partial charge is 0.178 e. The van der Waals surface area contributed by atoms with Gasteiger partial charge >= 0.3 is 0 Å². The van der Waals surface area contributed by atoms with Crippen molar-refractivity contribution in [2.75, 3.05) is 0 Å². The standard InChI is InChI=1S/C21H20O3/c1-21(2,16-8-12-18(22)13-9-16)17-10-14-20(15-11-17)24-23-19-6-4-3-5-7-19/h3-15,22H,1-2H3. The molecular weight excluding hydrogens is 300 g/mol. The molecule has 0 atom stereocenters. The molecule has 0 aromatic heterocycles. The van der Waals surface area contributed by atoms with E-state index in [1.54, 1.807) is 12.1 Å². The van der Waals surface area contributed by atoms with E-state index in [4.69, 9.17) is 9.78 Å². The Bertz CT molecular complexity index is 776. The molecule has 0 saturated heterocycles. The maximum absolute atomic E-state index is 9.45. The van der Waals surface area contributed by atoms with Crippen LogP contribution < -0.4 is 9.78 Å². The van der Waals surface area contributed by atoms with E-state index in [0.29, 0.717) is 11.5 Å². The van der Waals surface area contributed by atoms with Gasteiger partial charge < -0.3 is 5.11 Å². The zero-order chi connectivity index (χ0) is 17.0. The molecule has 0 aliphatic rings. The summed E-state index contributed by atoms with van der Waals surface area (Å²) in [6.45, 7) is 4.30. The van der Waals surface area contributed by atoms with Crippen molar-refractivity contribution in [3.8, 4) is 17.2 Å². The van der Waals surface area contributed by atoms with E-state index in [9.17, 15) is 5.11 Å². The maximum Gasteiger partial charge on any atom is 0.178 e. The Morgan fingerprint density at radius 3 is 1.62 bits per heavy atom. The summed E-state index contributed by atoms with van der Waals surface area (Å²) in [5.41, 5.74) is 2.11. The van der Waals surface area contributed by atoms with E-state index < -0.39 is 0 Å². The summed E-state index contributed by atoms with van der Waals surface area (Å²) < 4.78 is 0. The molecule has 1 N–H and O–H groups in total. The lowest BCUT2D eigenvalue weighted by Gasteiger charge is -2.26. The van der Waals surface area contributed by atoms with Crippen LogP contribution in [0.15, 0.2) is 78.9 Å². The van der Waals surface area contributed by atoms with Gasteiger partial charge in [0.25, 0.3) is 0 Å². The van der Waals surface area contributed by atoms with Crippen molar-refractivity contribution in [1.82, 2.24) is 0 Å². The lowest BCUT2D eigenvalue weighted by atomic mass is 9.78. The molecule has 0 fully saturated rings. The number of benzene rings is 3. The molecule has 3 heteroatoms. The van der Waals surface area contributed by atoms with E-state index >= 15 is 0 Å². The number of hydrogen-bond donors (Lipinski definition) is 1. The first-order valence-corrected chi connectivity index (χ1v) is 7.85. The van der Waals surface area contributed by atoms with Gasteiger partial charge in [0, 0.05) is 5.41 Å². The fraction of sp³-hybridized carbons (Fsp3) is 0.143. The highest BCUT2D eigenvalue weighted by molar-refractivity contribution is 5.41. The molecule has 0 bridgehead atoms. The fourth-order valence-corrected chi connectivity index (χ4v) is 2.54. The Kier molecular flexibility index (Phi) is 4.43. The van der Waals surface area contributed by atoms with Crippen molar-refractivity contribution in [3.05, 3.63) is 90.0 Å². The second kappa shape index (κ2) is 6.67. The minimum atomic E-state index is -0.174. The molecule has 122 valence electrons. The Balaban J connectivity index is 1.72. The van der Waals surface area contributed by atoms with Gasteiger partial charge in [0.2, 0.25) is 0 Å². The summed E-state index contributed by atoms with van der Waals surface area (Å²) in [6, 6.07) is 24.5. The average molecular weight is 320 g/mol. The monoisotopic (exact) mass is 320 g/mol. The molecular formula is C21H20O3. The van der Waals surface area contributed by atoms with Crippen LogP contribution in [0.3, 0.4) is 0 Å². The minimum absolute atomic E-state index is 0.174. The zero-order valence-electron chi connectivity index (χ0n) is 13.8. The Morgan fingerprint density at radius 2 is 1.08 bits per heavy atom. The molecule has 3 aromatic rings. The van der Waals surface area contributed by atoms with Gasteiger partial charge in [-0.1, -0.05) is 56.3 Å². The predicted octanol–water partition coefficient (Wildman–Crippen LogP) is 5.09. The highest BCUT2D eigenvalue weighted by Crippen LogP contribution is 2.33. The number of hydrogen-bond acceptors (Lipinski definition) is 3. The lowest BCUT2D eigenvalue weighted by molar-refractivity contribution is -0.0999. The van der Waals surface area contributed by atoms with Crippen LogP contribution in [0, 0.1) is 0 Å². The zero-order valence-corrected chi connectivity index (χ0v) is 13.8. The second-order valence-corrected chi connectivity index (χ2v) is 6.18. The van der Waals surface area contributed by atoms with Crippen LogP contribution in [-0.4, -0.2) is 5.11 Å². The topological polar surface area (TPSA) is 38.7 Å². The van der Waals surface area contributed by atoms with Crippen LogP contribution in [0.25, 0.3) is 0 Å². The van der Waals surface area contributed by atoms with Gasteiger partial charge in [-0.15, -0.1) is 0 Å². The number of phenolic OH excluding ortho intramolecular Hbond substituents is 1. The molecule has 0 radical (unpaired) electrons. The quantitative estimate of drug-likeness (QED) is 0.525. The first-order valence-electron chi connectivity index (χ1n) is 7.85. The van der Waals surface area contributed by atoms with Gasteiger partial charge in [0.15, 0.2) is 11.5 Å². The molecule has 0 aliphatic carbocycles. The highest BCUT2D eigenvalue weighted by atomic mass is 17.2. The SMILES string of the molecule is CC(C)(c1ccc(O)cc1)c1ccc(OOc2ccccc2)cc1. The van der Waals surface area contributed by atoms with Crippen molar-refractivity contribution in [2.45, 2.75) is 19.3 Å². The van der Waals surface area contributed by atoms with Gasteiger partial charge in [-0.25, -0.2) is 0 Å². The summed E-state index contributed by atoms with van der Waals surface area (Å²) in [5, 5.41) is 9.45. The molecule has 3 aromatic carbocycles. The first-order chi connectivity index (χ1) is 11.6. The molecule has 0 amide bonds. The van der Waals surface area contributed by atoms with E-state index in [-0.39, 0.29) is 11.2 Å². The second-order valence-electron chi connectivity index (χ2n) is 6.18. The third-order valence-corrected chi connectivity index (χ3v) is 4.14. The van der Waals surface area contributed by atoms with E-state index in [2.05, 4.69) is 13.8 Å². The molecule has 3 rings (SSSR count). The summed E-state index contributed by atoms with van der Waals surface area (Å²) in [4.78, 5) is 10.6. The van der Waals surface area contributed by atoms with Gasteiger partial charge in [-0.3, -0.25) is 9.78 Å². The average Bonchev–Trinajstić information content (AvgIpc) is 2.61.